The minimum Gasteiger partial charge on any atom is -0.447 e. The summed E-state index contributed by atoms with van der Waals surface area (Å²) in [5.74, 6) is -9.68. The van der Waals surface area contributed by atoms with Crippen molar-refractivity contribution >= 4 is 35.6 Å². The van der Waals surface area contributed by atoms with E-state index in [0.717, 1.165) is 11.1 Å². The Morgan fingerprint density at radius 2 is 1.09 bits per heavy atom. The van der Waals surface area contributed by atoms with Crippen molar-refractivity contribution in [1.29, 1.82) is 0 Å². The number of carbonyl (C=O) groups excluding carboxylic acids is 3. The van der Waals surface area contributed by atoms with Crippen LogP contribution in [0.15, 0.2) is 47.6 Å². The lowest BCUT2D eigenvalue weighted by Gasteiger charge is -2.22. The lowest BCUT2D eigenvalue weighted by atomic mass is 10.1. The number of nitrogens with zero attached hydrogens (tertiary/aromatic N) is 5. The van der Waals surface area contributed by atoms with Gasteiger partial charge in [0.15, 0.2) is 11.6 Å². The molecule has 1 aromatic carbocycles. The lowest BCUT2D eigenvalue weighted by Crippen LogP contribution is -2.37. The van der Waals surface area contributed by atoms with E-state index in [4.69, 9.17) is 62.7 Å². The van der Waals surface area contributed by atoms with Gasteiger partial charge in [0.05, 0.1) is 157 Å². The van der Waals surface area contributed by atoms with Gasteiger partial charge in [0.25, 0.3) is 5.91 Å². The predicted molar refractivity (Wildman–Crippen MR) is 261 cm³/mol. The number of amidine groups is 1. The number of fused-ring (bicyclic) bond motifs is 1. The molecule has 0 fully saturated rings. The summed E-state index contributed by atoms with van der Waals surface area (Å²) in [6.07, 6.45) is 7.75. The molecule has 4 rings (SSSR count). The Hall–Kier alpha value is -5.85. The normalized spacial score (nSPS) is 12.2. The van der Waals surface area contributed by atoms with E-state index in [2.05, 4.69) is 30.0 Å². The molecular weight excluding hydrogens is 1020 g/mol. The third-order valence-corrected chi connectivity index (χ3v) is 9.83. The molecule has 0 aliphatic carbocycles. The number of nitrogens with two attached hydrogens (primary N) is 1. The van der Waals surface area contributed by atoms with Crippen LogP contribution < -0.4 is 15.8 Å². The summed E-state index contributed by atoms with van der Waals surface area (Å²) in [6, 6.07) is 1.83. The molecule has 0 saturated heterocycles. The van der Waals surface area contributed by atoms with Gasteiger partial charge in [-0.25, -0.2) is 33.6 Å². The van der Waals surface area contributed by atoms with Crippen molar-refractivity contribution in [3.63, 3.8) is 0 Å². The van der Waals surface area contributed by atoms with Crippen LogP contribution in [0.2, 0.25) is 0 Å². The maximum atomic E-state index is 13.6. The summed E-state index contributed by atoms with van der Waals surface area (Å²) in [7, 11) is 0. The Balaban J connectivity index is 0.832. The second-order valence-corrected chi connectivity index (χ2v) is 15.7. The zero-order valence-electron chi connectivity index (χ0n) is 42.5. The Morgan fingerprint density at radius 3 is 1.58 bits per heavy atom. The lowest BCUT2D eigenvalue weighted by molar-refractivity contribution is -0.181. The van der Waals surface area contributed by atoms with Crippen molar-refractivity contribution in [3.05, 3.63) is 71.6 Å². The predicted octanol–water partition coefficient (Wildman–Crippen LogP) is 3.93. The minimum absolute atomic E-state index is 0.0121. The molecule has 0 radical (unpaired) electrons. The quantitative estimate of drug-likeness (QED) is 0.0203. The largest absolute Gasteiger partial charge is 0.447 e. The fourth-order valence-electron chi connectivity index (χ4n) is 6.20. The van der Waals surface area contributed by atoms with Crippen molar-refractivity contribution in [2.45, 2.75) is 26.2 Å². The van der Waals surface area contributed by atoms with Crippen molar-refractivity contribution in [3.8, 4) is 16.9 Å². The molecule has 0 bridgehead atoms. The van der Waals surface area contributed by atoms with Crippen molar-refractivity contribution in [2.24, 2.45) is 10.7 Å². The Bertz CT molecular complexity index is 2200. The van der Waals surface area contributed by atoms with E-state index in [1.165, 1.54) is 11.4 Å². The highest BCUT2D eigenvalue weighted by molar-refractivity contribution is 6.05. The van der Waals surface area contributed by atoms with E-state index in [9.17, 15) is 31.9 Å². The molecule has 0 unspecified atom stereocenters. The average Bonchev–Trinajstić information content (AvgIpc) is 3.59. The number of aliphatic imine (C=N–C) groups is 1. The second-order valence-electron chi connectivity index (χ2n) is 15.7. The molecule has 3 heterocycles. The third-order valence-electron chi connectivity index (χ3n) is 9.83. The van der Waals surface area contributed by atoms with Crippen LogP contribution in [0.5, 0.6) is 5.75 Å². The molecule has 2 amide bonds. The molecule has 0 spiro atoms. The molecule has 0 saturated carbocycles. The van der Waals surface area contributed by atoms with Gasteiger partial charge in [0, 0.05) is 60.9 Å². The summed E-state index contributed by atoms with van der Waals surface area (Å²) >= 11 is 0. The monoisotopic (exact) mass is 1090 g/mol. The fourth-order valence-corrected chi connectivity index (χ4v) is 6.20. The van der Waals surface area contributed by atoms with Gasteiger partial charge < -0.3 is 67.9 Å². The first kappa shape index (κ1) is 62.7. The highest BCUT2D eigenvalue weighted by Crippen LogP contribution is 2.30. The van der Waals surface area contributed by atoms with Gasteiger partial charge in [0.1, 0.15) is 18.8 Å². The topological polar surface area (TPSA) is 264 Å². The highest BCUT2D eigenvalue weighted by atomic mass is 19.2. The van der Waals surface area contributed by atoms with Crippen LogP contribution in [-0.2, 0) is 66.5 Å². The molecule has 1 aliphatic rings. The molecule has 2 aromatic heterocycles. The molecule has 27 heteroatoms. The van der Waals surface area contributed by atoms with Gasteiger partial charge in [-0.3, -0.25) is 19.4 Å². The highest BCUT2D eigenvalue weighted by Gasteiger charge is 2.24. The number of hydrogen-bond acceptors (Lipinski definition) is 21. The number of aromatic nitrogens is 3. The van der Waals surface area contributed by atoms with E-state index >= 15 is 0 Å². The number of carbonyl (C=O) groups is 3. The van der Waals surface area contributed by atoms with Gasteiger partial charge in [0.2, 0.25) is 17.4 Å². The van der Waals surface area contributed by atoms with Crippen LogP contribution in [0.3, 0.4) is 0 Å². The van der Waals surface area contributed by atoms with Crippen LogP contribution in [0.1, 0.15) is 31.9 Å². The number of ether oxygens (including phenoxy) is 12. The zero-order valence-corrected chi connectivity index (χ0v) is 42.5. The fraction of sp³-hybridized carbons (Fsp3) is 0.571. The smallest absolute Gasteiger partial charge is 0.407 e. The van der Waals surface area contributed by atoms with Gasteiger partial charge in [-0.05, 0) is 18.6 Å². The van der Waals surface area contributed by atoms with Gasteiger partial charge in [-0.15, -0.1) is 0 Å². The first-order chi connectivity index (χ1) is 37.1. The number of rotatable bonds is 42. The molecule has 3 aromatic rings. The van der Waals surface area contributed by atoms with Crippen LogP contribution in [0.25, 0.3) is 17.2 Å². The van der Waals surface area contributed by atoms with E-state index in [1.807, 2.05) is 13.0 Å². The molecular formula is C49H67F4N7O16. The molecule has 3 N–H and O–H groups in total. The van der Waals surface area contributed by atoms with Gasteiger partial charge in [-0.1, -0.05) is 6.92 Å². The number of esters is 1. The van der Waals surface area contributed by atoms with Gasteiger partial charge in [-0.2, -0.15) is 8.78 Å². The first-order valence-corrected chi connectivity index (χ1v) is 24.5. The van der Waals surface area contributed by atoms with Crippen LogP contribution in [0, 0.1) is 23.3 Å². The minimum atomic E-state index is -1.80. The number of pyridine rings is 1. The zero-order chi connectivity index (χ0) is 54.4. The second kappa shape index (κ2) is 38.7. The van der Waals surface area contributed by atoms with Crippen LogP contribution in [-0.4, -0.2) is 202 Å². The van der Waals surface area contributed by atoms with Crippen molar-refractivity contribution in [1.82, 2.24) is 25.3 Å². The molecule has 422 valence electrons. The maximum absolute atomic E-state index is 13.6. The first-order valence-electron chi connectivity index (χ1n) is 24.5. The van der Waals surface area contributed by atoms with Gasteiger partial charge >= 0.3 is 12.1 Å². The maximum Gasteiger partial charge on any atom is 0.407 e. The summed E-state index contributed by atoms with van der Waals surface area (Å²) < 4.78 is 117. The van der Waals surface area contributed by atoms with Crippen LogP contribution >= 0.6 is 0 Å². The molecule has 1 aliphatic heterocycles. The van der Waals surface area contributed by atoms with Crippen molar-refractivity contribution < 1.29 is 93.6 Å². The standard InChI is InChI=1S/C49H67F4N7O16/c1-2-5-60(48(62)36-28-41-42(59-43(54)30-36)29-37(34-58-41)38-32-55-35-56-33-38)75-7-4-57-49(63)74-27-26-73-25-24-72-23-22-71-21-20-70-19-18-69-17-16-68-15-14-67-13-12-66-11-10-65-9-8-64-6-3-44(61)76-47-45(52)39(50)31-40(51)46(47)53/h28-29,31-35H,2-27,30H2,1H3,(H2,54,59)(H,57,63). The summed E-state index contributed by atoms with van der Waals surface area (Å²) in [5, 5.41) is 3.83. The average molecular weight is 1090 g/mol. The summed E-state index contributed by atoms with van der Waals surface area (Å²) in [6.45, 7) is 8.62. The Kier molecular flexibility index (Phi) is 31.9. The summed E-state index contributed by atoms with van der Waals surface area (Å²) in [5.41, 5.74) is 9.08. The third kappa shape index (κ3) is 25.8. The number of benzene rings is 1. The van der Waals surface area contributed by atoms with E-state index in [0.29, 0.717) is 129 Å². The number of amides is 2. The molecule has 76 heavy (non-hydrogen) atoms. The summed E-state index contributed by atoms with van der Waals surface area (Å²) in [4.78, 5) is 60.2. The molecule has 0 atom stereocenters. The molecule has 23 nitrogen and oxygen atoms in total. The Labute approximate surface area is 437 Å². The number of nitrogens with one attached hydrogen (secondary N) is 1. The van der Waals surface area contributed by atoms with E-state index in [1.54, 1.807) is 24.7 Å². The van der Waals surface area contributed by atoms with Crippen molar-refractivity contribution in [2.75, 3.05) is 158 Å². The van der Waals surface area contributed by atoms with Crippen LogP contribution in [0.4, 0.5) is 28.0 Å². The SMILES string of the molecule is CCCN(OCCNC(=O)OCCOCCOCCOCCOCCOCCOCCOCCOCCOCCOCCC(=O)Oc1c(F)c(F)cc(F)c1F)C(=O)C1=Cc2ncc(-c3cncnc3)cc2N=C(N)C1. The van der Waals surface area contributed by atoms with E-state index in [-0.39, 0.29) is 77.0 Å². The Morgan fingerprint density at radius 1 is 0.618 bits per heavy atom. The number of halogens is 4. The number of alkyl carbamates (subject to hydrolysis) is 1. The number of hydrogen-bond donors (Lipinski definition) is 2. The van der Waals surface area contributed by atoms with E-state index < -0.39 is 47.5 Å². The number of hydroxylamine groups is 2.